The van der Waals surface area contributed by atoms with Gasteiger partial charge in [0.2, 0.25) is 0 Å². The van der Waals surface area contributed by atoms with Crippen molar-refractivity contribution >= 4 is 17.6 Å². The lowest BCUT2D eigenvalue weighted by atomic mass is 10.1. The molecule has 5 heteroatoms. The van der Waals surface area contributed by atoms with E-state index in [1.807, 2.05) is 32.0 Å². The number of aryl methyl sites for hydroxylation is 1. The Hall–Kier alpha value is -2.82. The SMILES string of the molecule is CCCCCCOC(=O)c1ccc(NC(=O)COc2cccc(C)c2C)cc1. The lowest BCUT2D eigenvalue weighted by Crippen LogP contribution is -2.20. The van der Waals surface area contributed by atoms with E-state index >= 15 is 0 Å². The van der Waals surface area contributed by atoms with Crippen molar-refractivity contribution in [3.05, 3.63) is 59.2 Å². The fourth-order valence-electron chi connectivity index (χ4n) is 2.69. The van der Waals surface area contributed by atoms with Crippen molar-refractivity contribution in [2.24, 2.45) is 0 Å². The number of esters is 1. The average molecular weight is 383 g/mol. The van der Waals surface area contributed by atoms with E-state index in [1.165, 1.54) is 0 Å². The molecule has 0 spiro atoms. The molecule has 2 aromatic rings. The smallest absolute Gasteiger partial charge is 0.338 e. The molecular weight excluding hydrogens is 354 g/mol. The van der Waals surface area contributed by atoms with E-state index in [9.17, 15) is 9.59 Å². The maximum Gasteiger partial charge on any atom is 0.338 e. The first kappa shape index (κ1) is 21.5. The first-order chi connectivity index (χ1) is 13.5. The molecule has 0 saturated heterocycles. The van der Waals surface area contributed by atoms with Gasteiger partial charge in [-0.1, -0.05) is 38.3 Å². The topological polar surface area (TPSA) is 64.6 Å². The predicted molar refractivity (Wildman–Crippen MR) is 111 cm³/mol. The zero-order chi connectivity index (χ0) is 20.4. The Balaban J connectivity index is 1.79. The van der Waals surface area contributed by atoms with E-state index in [-0.39, 0.29) is 18.5 Å². The molecule has 2 aromatic carbocycles. The van der Waals surface area contributed by atoms with Gasteiger partial charge in [-0.2, -0.15) is 0 Å². The molecular formula is C23H29NO4. The monoisotopic (exact) mass is 383 g/mol. The molecule has 0 aliphatic carbocycles. The van der Waals surface area contributed by atoms with Gasteiger partial charge < -0.3 is 14.8 Å². The Morgan fingerprint density at radius 2 is 1.71 bits per heavy atom. The van der Waals surface area contributed by atoms with Crippen molar-refractivity contribution in [2.45, 2.75) is 46.5 Å². The van der Waals surface area contributed by atoms with Crippen LogP contribution >= 0.6 is 0 Å². The molecule has 2 rings (SSSR count). The second-order valence-corrected chi connectivity index (χ2v) is 6.81. The van der Waals surface area contributed by atoms with Crippen LogP contribution in [0.1, 0.15) is 54.1 Å². The van der Waals surface area contributed by atoms with Crippen LogP contribution in [-0.4, -0.2) is 25.1 Å². The zero-order valence-corrected chi connectivity index (χ0v) is 16.9. The van der Waals surface area contributed by atoms with E-state index in [0.29, 0.717) is 23.6 Å². The third-order valence-corrected chi connectivity index (χ3v) is 4.55. The van der Waals surface area contributed by atoms with Crippen molar-refractivity contribution < 1.29 is 19.1 Å². The third-order valence-electron chi connectivity index (χ3n) is 4.55. The second-order valence-electron chi connectivity index (χ2n) is 6.81. The quantitative estimate of drug-likeness (QED) is 0.460. The molecule has 28 heavy (non-hydrogen) atoms. The highest BCUT2D eigenvalue weighted by Crippen LogP contribution is 2.20. The summed E-state index contributed by atoms with van der Waals surface area (Å²) in [5.41, 5.74) is 3.22. The van der Waals surface area contributed by atoms with Crippen LogP contribution in [0.2, 0.25) is 0 Å². The van der Waals surface area contributed by atoms with Crippen LogP contribution < -0.4 is 10.1 Å². The predicted octanol–water partition coefficient (Wildman–Crippen LogP) is 5.06. The van der Waals surface area contributed by atoms with E-state index in [4.69, 9.17) is 9.47 Å². The maximum atomic E-state index is 12.1. The van der Waals surface area contributed by atoms with E-state index < -0.39 is 0 Å². The number of unbranched alkanes of at least 4 members (excludes halogenated alkanes) is 3. The van der Waals surface area contributed by atoms with Crippen molar-refractivity contribution in [1.82, 2.24) is 0 Å². The number of hydrogen-bond acceptors (Lipinski definition) is 4. The normalized spacial score (nSPS) is 10.4. The molecule has 0 heterocycles. The number of amides is 1. The first-order valence-corrected chi connectivity index (χ1v) is 9.77. The van der Waals surface area contributed by atoms with Crippen LogP contribution in [0.5, 0.6) is 5.75 Å². The molecule has 1 amide bonds. The average Bonchev–Trinajstić information content (AvgIpc) is 2.69. The largest absolute Gasteiger partial charge is 0.483 e. The summed E-state index contributed by atoms with van der Waals surface area (Å²) in [4.78, 5) is 24.1. The minimum atomic E-state index is -0.340. The highest BCUT2D eigenvalue weighted by molar-refractivity contribution is 5.93. The molecule has 0 unspecified atom stereocenters. The number of benzene rings is 2. The molecule has 0 aliphatic rings. The molecule has 0 atom stereocenters. The van der Waals surface area contributed by atoms with Gasteiger partial charge in [-0.15, -0.1) is 0 Å². The van der Waals surface area contributed by atoms with Gasteiger partial charge in [-0.05, 0) is 61.7 Å². The Kier molecular flexibility index (Phi) is 8.53. The summed E-state index contributed by atoms with van der Waals surface area (Å²) in [7, 11) is 0. The molecule has 0 aliphatic heterocycles. The van der Waals surface area contributed by atoms with Gasteiger partial charge in [0.05, 0.1) is 12.2 Å². The summed E-state index contributed by atoms with van der Waals surface area (Å²) in [5, 5.41) is 2.76. The summed E-state index contributed by atoms with van der Waals surface area (Å²) < 4.78 is 10.9. The minimum Gasteiger partial charge on any atom is -0.483 e. The lowest BCUT2D eigenvalue weighted by molar-refractivity contribution is -0.118. The highest BCUT2D eigenvalue weighted by Gasteiger charge is 2.09. The van der Waals surface area contributed by atoms with Crippen LogP contribution in [0.3, 0.4) is 0 Å². The number of rotatable bonds is 10. The number of carbonyl (C=O) groups excluding carboxylic acids is 2. The summed E-state index contributed by atoms with van der Waals surface area (Å²) in [6, 6.07) is 12.4. The van der Waals surface area contributed by atoms with Gasteiger partial charge in [0, 0.05) is 5.69 Å². The van der Waals surface area contributed by atoms with E-state index in [1.54, 1.807) is 24.3 Å². The molecule has 1 N–H and O–H groups in total. The lowest BCUT2D eigenvalue weighted by Gasteiger charge is -2.11. The molecule has 5 nitrogen and oxygen atoms in total. The van der Waals surface area contributed by atoms with Gasteiger partial charge in [0.15, 0.2) is 6.61 Å². The highest BCUT2D eigenvalue weighted by atomic mass is 16.5. The Bertz CT molecular complexity index is 784. The molecule has 0 bridgehead atoms. The van der Waals surface area contributed by atoms with Crippen LogP contribution in [0.15, 0.2) is 42.5 Å². The molecule has 0 aromatic heterocycles. The van der Waals surface area contributed by atoms with Gasteiger partial charge >= 0.3 is 5.97 Å². The van der Waals surface area contributed by atoms with E-state index in [0.717, 1.165) is 36.8 Å². The summed E-state index contributed by atoms with van der Waals surface area (Å²) in [6.45, 7) is 6.46. The number of hydrogen-bond donors (Lipinski definition) is 1. The van der Waals surface area contributed by atoms with Crippen molar-refractivity contribution in [3.8, 4) is 5.75 Å². The summed E-state index contributed by atoms with van der Waals surface area (Å²) >= 11 is 0. The molecule has 150 valence electrons. The Labute approximate surface area is 167 Å². The first-order valence-electron chi connectivity index (χ1n) is 9.77. The number of carbonyl (C=O) groups is 2. The van der Waals surface area contributed by atoms with Crippen molar-refractivity contribution in [3.63, 3.8) is 0 Å². The van der Waals surface area contributed by atoms with Crippen LogP contribution in [-0.2, 0) is 9.53 Å². The maximum absolute atomic E-state index is 12.1. The summed E-state index contributed by atoms with van der Waals surface area (Å²) in [5.74, 6) is 0.104. The van der Waals surface area contributed by atoms with Crippen LogP contribution in [0, 0.1) is 13.8 Å². The Morgan fingerprint density at radius 3 is 2.43 bits per heavy atom. The van der Waals surface area contributed by atoms with Gasteiger partial charge in [-0.25, -0.2) is 4.79 Å². The fraction of sp³-hybridized carbons (Fsp3) is 0.391. The Morgan fingerprint density at radius 1 is 0.964 bits per heavy atom. The molecule has 0 saturated carbocycles. The number of ether oxygens (including phenoxy) is 2. The van der Waals surface area contributed by atoms with Gasteiger partial charge in [0.25, 0.3) is 5.91 Å². The summed E-state index contributed by atoms with van der Waals surface area (Å²) in [6.07, 6.45) is 4.25. The van der Waals surface area contributed by atoms with E-state index in [2.05, 4.69) is 12.2 Å². The van der Waals surface area contributed by atoms with Crippen molar-refractivity contribution in [1.29, 1.82) is 0 Å². The fourth-order valence-corrected chi connectivity index (χ4v) is 2.69. The second kappa shape index (κ2) is 11.1. The molecule has 0 radical (unpaired) electrons. The number of anilines is 1. The van der Waals surface area contributed by atoms with Gasteiger partial charge in [-0.3, -0.25) is 4.79 Å². The number of nitrogens with one attached hydrogen (secondary N) is 1. The van der Waals surface area contributed by atoms with Gasteiger partial charge in [0.1, 0.15) is 5.75 Å². The van der Waals surface area contributed by atoms with Crippen LogP contribution in [0.25, 0.3) is 0 Å². The third kappa shape index (κ3) is 6.72. The minimum absolute atomic E-state index is 0.0775. The van der Waals surface area contributed by atoms with Crippen LogP contribution in [0.4, 0.5) is 5.69 Å². The molecule has 0 fully saturated rings. The van der Waals surface area contributed by atoms with Crippen molar-refractivity contribution in [2.75, 3.05) is 18.5 Å². The standard InChI is InChI=1S/C23H29NO4/c1-4-5-6-7-15-27-23(26)19-11-13-20(14-12-19)24-22(25)16-28-21-10-8-9-17(2)18(21)3/h8-14H,4-7,15-16H2,1-3H3,(H,24,25). The zero-order valence-electron chi connectivity index (χ0n) is 16.9.